The fraction of sp³-hybridized carbons (Fsp3) is 0.364. The molecular formula is C22H25FN2O2S2. The highest BCUT2D eigenvalue weighted by Crippen LogP contribution is 2.32. The largest absolute Gasteiger partial charge is 0.460 e. The summed E-state index contributed by atoms with van der Waals surface area (Å²) in [6.45, 7) is 4.78. The fourth-order valence-corrected chi connectivity index (χ4v) is 4.53. The van der Waals surface area contributed by atoms with Gasteiger partial charge in [-0.3, -0.25) is 0 Å². The van der Waals surface area contributed by atoms with Crippen LogP contribution in [0.25, 0.3) is 0 Å². The molecule has 0 fully saturated rings. The minimum atomic E-state index is -0.338. The second kappa shape index (κ2) is 10.1. The molecule has 1 aliphatic carbocycles. The zero-order valence-corrected chi connectivity index (χ0v) is 18.2. The number of rotatable bonds is 7. The molecule has 0 saturated carbocycles. The van der Waals surface area contributed by atoms with Gasteiger partial charge in [-0.05, 0) is 54.4 Å². The lowest BCUT2D eigenvalue weighted by Gasteiger charge is -2.17. The van der Waals surface area contributed by atoms with Crippen LogP contribution in [0, 0.1) is 5.82 Å². The highest BCUT2D eigenvalue weighted by molar-refractivity contribution is 8.00. The number of halogens is 1. The maximum atomic E-state index is 13.8. The lowest BCUT2D eigenvalue weighted by Crippen LogP contribution is -2.38. The van der Waals surface area contributed by atoms with Crippen molar-refractivity contribution in [3.63, 3.8) is 0 Å². The third-order valence-electron chi connectivity index (χ3n) is 4.61. The van der Waals surface area contributed by atoms with Crippen LogP contribution in [0.5, 0.6) is 0 Å². The van der Waals surface area contributed by atoms with Gasteiger partial charge in [-0.25, -0.2) is 9.18 Å². The molecule has 0 saturated heterocycles. The first-order valence-corrected chi connectivity index (χ1v) is 11.0. The van der Waals surface area contributed by atoms with Crippen LogP contribution < -0.4 is 10.6 Å². The number of fused-ring (bicyclic) bond motifs is 1. The minimum absolute atomic E-state index is 0.00295. The lowest BCUT2D eigenvalue weighted by atomic mass is 10.1. The maximum Gasteiger partial charge on any atom is 0.339 e. The highest BCUT2D eigenvalue weighted by Gasteiger charge is 2.25. The van der Waals surface area contributed by atoms with Crippen LogP contribution in [-0.2, 0) is 11.2 Å². The number of ether oxygens (including phenoxy) is 1. The van der Waals surface area contributed by atoms with Gasteiger partial charge in [-0.15, -0.1) is 11.8 Å². The smallest absolute Gasteiger partial charge is 0.339 e. The van der Waals surface area contributed by atoms with Crippen molar-refractivity contribution in [1.29, 1.82) is 0 Å². The van der Waals surface area contributed by atoms with Gasteiger partial charge in [0.25, 0.3) is 0 Å². The predicted octanol–water partition coefficient (Wildman–Crippen LogP) is 4.63. The fourth-order valence-electron chi connectivity index (χ4n) is 3.35. The molecular weight excluding hydrogens is 407 g/mol. The van der Waals surface area contributed by atoms with Crippen LogP contribution in [0.4, 0.5) is 4.39 Å². The van der Waals surface area contributed by atoms with Gasteiger partial charge in [0, 0.05) is 10.1 Å². The summed E-state index contributed by atoms with van der Waals surface area (Å²) in [5.74, 6) is -0.497. The molecule has 7 heteroatoms. The SMILES string of the molecule is CC(C)Sc1ccccc1C(=O)OCCNC(=S)NC1CCc2c(F)cccc21. The van der Waals surface area contributed by atoms with Crippen LogP contribution in [0.1, 0.15) is 47.8 Å². The normalized spacial score (nSPS) is 15.1. The minimum Gasteiger partial charge on any atom is -0.460 e. The molecule has 0 radical (unpaired) electrons. The van der Waals surface area contributed by atoms with Crippen LogP contribution >= 0.6 is 24.0 Å². The molecule has 2 aromatic carbocycles. The Bertz CT molecular complexity index is 889. The number of nitrogens with one attached hydrogen (secondary N) is 2. The molecule has 0 aliphatic heterocycles. The van der Waals surface area contributed by atoms with E-state index in [1.54, 1.807) is 23.9 Å². The first-order chi connectivity index (χ1) is 14.0. The van der Waals surface area contributed by atoms with E-state index in [-0.39, 0.29) is 24.4 Å². The molecule has 0 bridgehead atoms. The first-order valence-electron chi connectivity index (χ1n) is 9.70. The molecule has 1 atom stereocenters. The Morgan fingerprint density at radius 3 is 2.86 bits per heavy atom. The average molecular weight is 433 g/mol. The van der Waals surface area contributed by atoms with Crippen molar-refractivity contribution in [3.8, 4) is 0 Å². The van der Waals surface area contributed by atoms with Gasteiger partial charge in [0.05, 0.1) is 18.2 Å². The summed E-state index contributed by atoms with van der Waals surface area (Å²) >= 11 is 6.97. The van der Waals surface area contributed by atoms with Crippen molar-refractivity contribution in [2.24, 2.45) is 0 Å². The van der Waals surface area contributed by atoms with E-state index in [2.05, 4.69) is 24.5 Å². The summed E-state index contributed by atoms with van der Waals surface area (Å²) in [4.78, 5) is 13.3. The molecule has 0 aromatic heterocycles. The molecule has 0 amide bonds. The number of benzene rings is 2. The Kier molecular flexibility index (Phi) is 7.50. The first kappa shape index (κ1) is 21.6. The molecule has 2 N–H and O–H groups in total. The Morgan fingerprint density at radius 1 is 1.28 bits per heavy atom. The lowest BCUT2D eigenvalue weighted by molar-refractivity contribution is 0.0508. The van der Waals surface area contributed by atoms with Crippen molar-refractivity contribution in [3.05, 3.63) is 65.0 Å². The van der Waals surface area contributed by atoms with Crippen LogP contribution in [-0.4, -0.2) is 29.5 Å². The number of esters is 1. The summed E-state index contributed by atoms with van der Waals surface area (Å²) in [5, 5.41) is 7.12. The monoisotopic (exact) mass is 432 g/mol. The maximum absolute atomic E-state index is 13.8. The Hall–Kier alpha value is -2.12. The molecule has 154 valence electrons. The highest BCUT2D eigenvalue weighted by atomic mass is 32.2. The Balaban J connectivity index is 1.44. The molecule has 2 aromatic rings. The van der Waals surface area contributed by atoms with Gasteiger partial charge in [0.2, 0.25) is 0 Å². The van der Waals surface area contributed by atoms with E-state index in [0.29, 0.717) is 28.9 Å². The molecule has 0 heterocycles. The van der Waals surface area contributed by atoms with Crippen molar-refractivity contribution in [2.75, 3.05) is 13.2 Å². The van der Waals surface area contributed by atoms with Gasteiger partial charge in [-0.2, -0.15) is 0 Å². The van der Waals surface area contributed by atoms with Gasteiger partial charge >= 0.3 is 5.97 Å². The average Bonchev–Trinajstić information content (AvgIpc) is 3.09. The second-order valence-corrected chi connectivity index (χ2v) is 9.12. The van der Waals surface area contributed by atoms with Crippen LogP contribution in [0.2, 0.25) is 0 Å². The molecule has 4 nitrogen and oxygen atoms in total. The molecule has 0 spiro atoms. The van der Waals surface area contributed by atoms with E-state index in [0.717, 1.165) is 22.4 Å². The topological polar surface area (TPSA) is 50.4 Å². The summed E-state index contributed by atoms with van der Waals surface area (Å²) < 4.78 is 19.2. The molecule has 29 heavy (non-hydrogen) atoms. The van der Waals surface area contributed by atoms with E-state index in [1.807, 2.05) is 24.3 Å². The zero-order chi connectivity index (χ0) is 20.8. The predicted molar refractivity (Wildman–Crippen MR) is 119 cm³/mol. The number of carbonyl (C=O) groups is 1. The number of thiocarbonyl (C=S) groups is 1. The van der Waals surface area contributed by atoms with Crippen molar-refractivity contribution in [2.45, 2.75) is 42.9 Å². The molecule has 3 rings (SSSR count). The van der Waals surface area contributed by atoms with E-state index in [9.17, 15) is 9.18 Å². The molecule has 1 aliphatic rings. The summed E-state index contributed by atoms with van der Waals surface area (Å²) in [6.07, 6.45) is 1.51. The number of hydrogen-bond donors (Lipinski definition) is 2. The Labute approximate surface area is 180 Å². The third-order valence-corrected chi connectivity index (χ3v) is 5.95. The van der Waals surface area contributed by atoms with Crippen molar-refractivity contribution < 1.29 is 13.9 Å². The van der Waals surface area contributed by atoms with Gasteiger partial charge in [0.1, 0.15) is 12.4 Å². The summed E-state index contributed by atoms with van der Waals surface area (Å²) in [6, 6.07) is 12.6. The quantitative estimate of drug-likeness (QED) is 0.288. The molecule has 1 unspecified atom stereocenters. The van der Waals surface area contributed by atoms with E-state index in [4.69, 9.17) is 17.0 Å². The third kappa shape index (κ3) is 5.70. The van der Waals surface area contributed by atoms with Crippen molar-refractivity contribution in [1.82, 2.24) is 10.6 Å². The summed E-state index contributed by atoms with van der Waals surface area (Å²) in [5.41, 5.74) is 2.30. The Morgan fingerprint density at radius 2 is 2.07 bits per heavy atom. The van der Waals surface area contributed by atoms with Gasteiger partial charge in [0.15, 0.2) is 5.11 Å². The number of hydrogen-bond acceptors (Lipinski definition) is 4. The second-order valence-electron chi connectivity index (χ2n) is 7.10. The van der Waals surface area contributed by atoms with E-state index in [1.165, 1.54) is 6.07 Å². The number of thioether (sulfide) groups is 1. The van der Waals surface area contributed by atoms with E-state index >= 15 is 0 Å². The summed E-state index contributed by atoms with van der Waals surface area (Å²) in [7, 11) is 0. The number of carbonyl (C=O) groups excluding carboxylic acids is 1. The van der Waals surface area contributed by atoms with E-state index < -0.39 is 0 Å². The van der Waals surface area contributed by atoms with Crippen LogP contribution in [0.3, 0.4) is 0 Å². The van der Waals surface area contributed by atoms with Gasteiger partial charge in [-0.1, -0.05) is 38.1 Å². The van der Waals surface area contributed by atoms with Gasteiger partial charge < -0.3 is 15.4 Å². The van der Waals surface area contributed by atoms with Crippen molar-refractivity contribution >= 4 is 35.1 Å². The zero-order valence-electron chi connectivity index (χ0n) is 16.5. The standard InChI is InChI=1S/C22H25FN2O2S2/c1-14(2)29-20-9-4-3-6-17(20)21(26)27-13-12-24-22(28)25-19-11-10-15-16(19)7-5-8-18(15)23/h3-9,14,19H,10-13H2,1-2H3,(H2,24,25,28). The van der Waals surface area contributed by atoms with Crippen LogP contribution in [0.15, 0.2) is 47.4 Å².